The predicted molar refractivity (Wildman–Crippen MR) is 97.1 cm³/mol. The van der Waals surface area contributed by atoms with Crippen molar-refractivity contribution in [1.82, 2.24) is 4.72 Å². The molecule has 5 nitrogen and oxygen atoms in total. The average molecular weight is 361 g/mol. The molecule has 0 amide bonds. The number of carbonyl (C=O) groups is 1. The third kappa shape index (κ3) is 4.46. The van der Waals surface area contributed by atoms with Crippen molar-refractivity contribution < 1.29 is 17.9 Å². The maximum absolute atomic E-state index is 12.8. The van der Waals surface area contributed by atoms with Gasteiger partial charge in [0.15, 0.2) is 0 Å². The largest absolute Gasteiger partial charge is 0.465 e. The highest BCUT2D eigenvalue weighted by Gasteiger charge is 2.22. The molecule has 2 aromatic rings. The van der Waals surface area contributed by atoms with E-state index in [1.807, 2.05) is 38.1 Å². The summed E-state index contributed by atoms with van der Waals surface area (Å²) in [5.74, 6) is -0.555. The predicted octanol–water partition coefficient (Wildman–Crippen LogP) is 3.52. The second-order valence-electron chi connectivity index (χ2n) is 5.96. The van der Waals surface area contributed by atoms with Gasteiger partial charge in [-0.3, -0.25) is 0 Å². The first kappa shape index (κ1) is 19.1. The fourth-order valence-electron chi connectivity index (χ4n) is 2.54. The normalized spacial score (nSPS) is 12.6. The fourth-order valence-corrected chi connectivity index (χ4v) is 3.87. The minimum absolute atomic E-state index is 0.0454. The van der Waals surface area contributed by atoms with Crippen LogP contribution in [0, 0.1) is 13.8 Å². The lowest BCUT2D eigenvalue weighted by atomic mass is 10.0. The van der Waals surface area contributed by atoms with E-state index in [2.05, 4.69) is 4.72 Å². The molecule has 0 aliphatic carbocycles. The van der Waals surface area contributed by atoms with Crippen molar-refractivity contribution in [3.63, 3.8) is 0 Å². The maximum Gasteiger partial charge on any atom is 0.338 e. The Bertz CT molecular complexity index is 857. The van der Waals surface area contributed by atoms with Crippen LogP contribution in [0.25, 0.3) is 0 Å². The van der Waals surface area contributed by atoms with Gasteiger partial charge in [-0.05, 0) is 43.5 Å². The van der Waals surface area contributed by atoms with Gasteiger partial charge < -0.3 is 4.74 Å². The van der Waals surface area contributed by atoms with Gasteiger partial charge in [-0.2, -0.15) is 0 Å². The molecule has 0 bridgehead atoms. The summed E-state index contributed by atoms with van der Waals surface area (Å²) < 4.78 is 32.9. The minimum Gasteiger partial charge on any atom is -0.465 e. The van der Waals surface area contributed by atoms with Crippen molar-refractivity contribution in [3.05, 3.63) is 64.7 Å². The molecule has 0 aliphatic rings. The first-order valence-corrected chi connectivity index (χ1v) is 9.54. The number of esters is 1. The molecule has 0 radical (unpaired) electrons. The quantitative estimate of drug-likeness (QED) is 0.799. The molecule has 134 valence electrons. The Hall–Kier alpha value is -2.18. The highest BCUT2D eigenvalue weighted by Crippen LogP contribution is 2.22. The van der Waals surface area contributed by atoms with Crippen molar-refractivity contribution in [1.29, 1.82) is 0 Å². The molecular weight excluding hydrogens is 338 g/mol. The van der Waals surface area contributed by atoms with Crippen LogP contribution in [0.5, 0.6) is 0 Å². The van der Waals surface area contributed by atoms with Crippen LogP contribution >= 0.6 is 0 Å². The summed E-state index contributed by atoms with van der Waals surface area (Å²) in [5, 5.41) is 0. The summed E-state index contributed by atoms with van der Waals surface area (Å²) in [7, 11) is -2.50. The molecule has 0 aliphatic heterocycles. The molecule has 0 heterocycles. The standard InChI is InChI=1S/C19H23NO4S/c1-5-18(15-9-6-13(2)7-10-15)20-25(22,23)16-11-8-14(3)17(12-16)19(21)24-4/h6-12,18,20H,5H2,1-4H3/t18-/m0/s1. The maximum atomic E-state index is 12.8. The van der Waals surface area contributed by atoms with E-state index in [1.165, 1.54) is 19.2 Å². The van der Waals surface area contributed by atoms with Crippen molar-refractivity contribution in [2.75, 3.05) is 7.11 Å². The van der Waals surface area contributed by atoms with Gasteiger partial charge in [0.25, 0.3) is 0 Å². The van der Waals surface area contributed by atoms with Crippen LogP contribution in [0.2, 0.25) is 0 Å². The smallest absolute Gasteiger partial charge is 0.338 e. The lowest BCUT2D eigenvalue weighted by Gasteiger charge is -2.18. The summed E-state index contributed by atoms with van der Waals surface area (Å²) in [4.78, 5) is 11.9. The number of sulfonamides is 1. The van der Waals surface area contributed by atoms with Crippen molar-refractivity contribution in [3.8, 4) is 0 Å². The molecule has 0 saturated heterocycles. The van der Waals surface area contributed by atoms with E-state index in [1.54, 1.807) is 13.0 Å². The molecule has 1 atom stereocenters. The van der Waals surface area contributed by atoms with Crippen LogP contribution in [0.3, 0.4) is 0 Å². The number of hydrogen-bond donors (Lipinski definition) is 1. The number of ether oxygens (including phenoxy) is 1. The van der Waals surface area contributed by atoms with Crippen LogP contribution in [0.1, 0.15) is 46.4 Å². The van der Waals surface area contributed by atoms with E-state index in [0.29, 0.717) is 12.0 Å². The van der Waals surface area contributed by atoms with Gasteiger partial charge in [-0.25, -0.2) is 17.9 Å². The van der Waals surface area contributed by atoms with Crippen molar-refractivity contribution >= 4 is 16.0 Å². The topological polar surface area (TPSA) is 72.5 Å². The molecule has 0 unspecified atom stereocenters. The first-order valence-electron chi connectivity index (χ1n) is 8.06. The third-order valence-electron chi connectivity index (χ3n) is 4.11. The van der Waals surface area contributed by atoms with Crippen molar-refractivity contribution in [2.24, 2.45) is 0 Å². The van der Waals surface area contributed by atoms with Crippen molar-refractivity contribution in [2.45, 2.75) is 38.1 Å². The molecule has 2 rings (SSSR count). The SMILES string of the molecule is CC[C@H](NS(=O)(=O)c1ccc(C)c(C(=O)OC)c1)c1ccc(C)cc1. The van der Waals surface area contributed by atoms with Gasteiger partial charge in [0, 0.05) is 6.04 Å². The van der Waals surface area contributed by atoms with Crippen LogP contribution < -0.4 is 4.72 Å². The molecule has 0 saturated carbocycles. The summed E-state index contributed by atoms with van der Waals surface area (Å²) >= 11 is 0. The number of methoxy groups -OCH3 is 1. The van der Waals surface area contributed by atoms with E-state index in [4.69, 9.17) is 4.74 Å². The molecule has 2 aromatic carbocycles. The fraction of sp³-hybridized carbons (Fsp3) is 0.316. The summed E-state index contributed by atoms with van der Waals surface area (Å²) in [5.41, 5.74) is 2.92. The summed E-state index contributed by atoms with van der Waals surface area (Å²) in [6, 6.07) is 11.8. The van der Waals surface area contributed by atoms with Gasteiger partial charge in [0.1, 0.15) is 0 Å². The second-order valence-corrected chi connectivity index (χ2v) is 7.68. The van der Waals surface area contributed by atoms with Gasteiger partial charge in [0.05, 0.1) is 17.6 Å². The Morgan fingerprint density at radius 3 is 2.32 bits per heavy atom. The van der Waals surface area contributed by atoms with E-state index >= 15 is 0 Å². The van der Waals surface area contributed by atoms with E-state index < -0.39 is 16.0 Å². The van der Waals surface area contributed by atoms with Gasteiger partial charge in [0.2, 0.25) is 10.0 Å². The van der Waals surface area contributed by atoms with Crippen LogP contribution in [-0.4, -0.2) is 21.5 Å². The average Bonchev–Trinajstić information content (AvgIpc) is 2.60. The van der Waals surface area contributed by atoms with Gasteiger partial charge in [-0.1, -0.05) is 42.8 Å². The number of rotatable bonds is 6. The van der Waals surface area contributed by atoms with E-state index in [-0.39, 0.29) is 16.5 Å². The monoisotopic (exact) mass is 361 g/mol. The molecular formula is C19H23NO4S. The van der Waals surface area contributed by atoms with Gasteiger partial charge >= 0.3 is 5.97 Å². The Kier molecular flexibility index (Phi) is 5.98. The lowest BCUT2D eigenvalue weighted by Crippen LogP contribution is -2.28. The number of benzene rings is 2. The molecule has 1 N–H and O–H groups in total. The Morgan fingerprint density at radius 1 is 1.12 bits per heavy atom. The second kappa shape index (κ2) is 7.80. The Morgan fingerprint density at radius 2 is 1.76 bits per heavy atom. The summed E-state index contributed by atoms with van der Waals surface area (Å²) in [6.07, 6.45) is 0.609. The number of aryl methyl sites for hydroxylation is 2. The van der Waals surface area contributed by atoms with Crippen LogP contribution in [-0.2, 0) is 14.8 Å². The zero-order valence-corrected chi connectivity index (χ0v) is 15.7. The molecule has 25 heavy (non-hydrogen) atoms. The number of carbonyl (C=O) groups excluding carboxylic acids is 1. The van der Waals surface area contributed by atoms with Gasteiger partial charge in [-0.15, -0.1) is 0 Å². The van der Waals surface area contributed by atoms with E-state index in [0.717, 1.165) is 11.1 Å². The lowest BCUT2D eigenvalue weighted by molar-refractivity contribution is 0.0599. The Labute approximate surface area is 149 Å². The molecule has 0 spiro atoms. The minimum atomic E-state index is -3.77. The number of nitrogens with one attached hydrogen (secondary N) is 1. The number of hydrogen-bond acceptors (Lipinski definition) is 4. The Balaban J connectivity index is 2.34. The zero-order chi connectivity index (χ0) is 18.6. The highest BCUT2D eigenvalue weighted by atomic mass is 32.2. The molecule has 0 aromatic heterocycles. The molecule has 0 fully saturated rings. The molecule has 6 heteroatoms. The van der Waals surface area contributed by atoms with E-state index in [9.17, 15) is 13.2 Å². The first-order chi connectivity index (χ1) is 11.8. The van der Waals surface area contributed by atoms with Crippen LogP contribution in [0.4, 0.5) is 0 Å². The highest BCUT2D eigenvalue weighted by molar-refractivity contribution is 7.89. The zero-order valence-electron chi connectivity index (χ0n) is 14.9. The third-order valence-corrected chi connectivity index (χ3v) is 5.58. The van der Waals surface area contributed by atoms with Crippen LogP contribution in [0.15, 0.2) is 47.4 Å². The summed E-state index contributed by atoms with van der Waals surface area (Å²) in [6.45, 7) is 5.63.